The number of hydrogen-bond donors (Lipinski definition) is 3. The number of nitrogens with one attached hydrogen (secondary N) is 2. The molecule has 1 saturated heterocycles. The number of fused-ring (bicyclic) bond motifs is 1. The van der Waals surface area contributed by atoms with E-state index in [1.807, 2.05) is 0 Å². The summed E-state index contributed by atoms with van der Waals surface area (Å²) < 4.78 is 4.60. The minimum Gasteiger partial charge on any atom is -0.548 e. The van der Waals surface area contributed by atoms with Crippen molar-refractivity contribution in [2.75, 3.05) is 19.0 Å². The minimum absolute atomic E-state index is 0. The van der Waals surface area contributed by atoms with E-state index in [1.54, 1.807) is 6.92 Å². The van der Waals surface area contributed by atoms with Crippen molar-refractivity contribution in [2.24, 2.45) is 0 Å². The van der Waals surface area contributed by atoms with E-state index < -0.39 is 53.9 Å². The Morgan fingerprint density at radius 3 is 2.47 bits per heavy atom. The summed E-state index contributed by atoms with van der Waals surface area (Å²) >= 11 is 1.20. The SMILES string of the molecule is CCOC(=O)N[C@H](CCCC(=O)NC1C(=O)N2C(C(=O)[O-])=C(CO)CS[C@H]12)C(=O)[O-].[Na+].[Na+]. The van der Waals surface area contributed by atoms with Crippen molar-refractivity contribution in [2.45, 2.75) is 43.6 Å². The summed E-state index contributed by atoms with van der Waals surface area (Å²) in [5.74, 6) is -4.10. The molecule has 3 N–H and O–H groups in total. The molecule has 0 aliphatic carbocycles. The molecule has 12 nitrogen and oxygen atoms in total. The molecule has 1 unspecified atom stereocenters. The Kier molecular flexibility index (Phi) is 14.1. The smallest absolute Gasteiger partial charge is 0.548 e. The number of β-lactam (4-membered cyclic amide) rings is 1. The predicted octanol–water partition coefficient (Wildman–Crippen LogP) is -9.57. The third kappa shape index (κ3) is 7.62. The van der Waals surface area contributed by atoms with Crippen LogP contribution in [0.4, 0.5) is 4.79 Å². The Bertz CT molecular complexity index is 780. The Balaban J connectivity index is 0.00000480. The van der Waals surface area contributed by atoms with E-state index in [4.69, 9.17) is 0 Å². The molecule has 2 heterocycles. The summed E-state index contributed by atoms with van der Waals surface area (Å²) in [6, 6.07) is -2.27. The van der Waals surface area contributed by atoms with Gasteiger partial charge < -0.3 is 40.3 Å². The third-order valence-corrected chi connectivity index (χ3v) is 5.84. The second-order valence-electron chi connectivity index (χ2n) is 6.48. The topological polar surface area (TPSA) is 188 Å². The van der Waals surface area contributed by atoms with E-state index in [9.17, 15) is 39.3 Å². The number of aliphatic hydroxyl groups excluding tert-OH is 1. The number of aliphatic carboxylic acids is 2. The first-order chi connectivity index (χ1) is 14.2. The first kappa shape index (κ1) is 31.2. The largest absolute Gasteiger partial charge is 1.00 e. The van der Waals surface area contributed by atoms with Crippen LogP contribution in [-0.2, 0) is 23.9 Å². The molecule has 0 saturated carbocycles. The molecule has 0 spiro atoms. The summed E-state index contributed by atoms with van der Waals surface area (Å²) in [6.45, 7) is 1.10. The van der Waals surface area contributed by atoms with Gasteiger partial charge >= 0.3 is 65.2 Å². The van der Waals surface area contributed by atoms with Gasteiger partial charge in [-0.2, -0.15) is 0 Å². The molecule has 0 radical (unpaired) electrons. The van der Waals surface area contributed by atoms with Crippen LogP contribution in [0.1, 0.15) is 26.2 Å². The number of carbonyl (C=O) groups excluding carboxylic acids is 5. The van der Waals surface area contributed by atoms with Gasteiger partial charge in [0.2, 0.25) is 5.91 Å². The van der Waals surface area contributed by atoms with E-state index in [0.29, 0.717) is 0 Å². The summed E-state index contributed by atoms with van der Waals surface area (Å²) in [5.41, 5.74) is -0.213. The molecule has 32 heavy (non-hydrogen) atoms. The Labute approximate surface area is 232 Å². The van der Waals surface area contributed by atoms with Gasteiger partial charge in [0.15, 0.2) is 0 Å². The number of thioether (sulfide) groups is 1. The number of ether oxygens (including phenoxy) is 1. The third-order valence-electron chi connectivity index (χ3n) is 4.50. The van der Waals surface area contributed by atoms with Crippen molar-refractivity contribution in [3.63, 3.8) is 0 Å². The molecule has 3 amide bonds. The zero-order valence-electron chi connectivity index (χ0n) is 18.0. The quantitative estimate of drug-likeness (QED) is 0.196. The number of amides is 3. The van der Waals surface area contributed by atoms with Gasteiger partial charge in [-0.15, -0.1) is 11.8 Å². The Hall–Kier alpha value is -0.800. The van der Waals surface area contributed by atoms with Crippen molar-refractivity contribution in [3.8, 4) is 0 Å². The van der Waals surface area contributed by atoms with Crippen LogP contribution in [0.2, 0.25) is 0 Å². The van der Waals surface area contributed by atoms with E-state index in [0.717, 1.165) is 4.90 Å². The number of rotatable bonds is 10. The monoisotopic (exact) mass is 489 g/mol. The fourth-order valence-corrected chi connectivity index (χ4v) is 4.40. The van der Waals surface area contributed by atoms with Crippen molar-refractivity contribution >= 4 is 41.6 Å². The molecule has 166 valence electrons. The summed E-state index contributed by atoms with van der Waals surface area (Å²) in [6.07, 6.45) is -1.04. The minimum atomic E-state index is -1.58. The number of carbonyl (C=O) groups is 5. The molecule has 0 aromatic heterocycles. The summed E-state index contributed by atoms with van der Waals surface area (Å²) in [4.78, 5) is 59.1. The van der Waals surface area contributed by atoms with Crippen molar-refractivity contribution in [1.29, 1.82) is 0 Å². The first-order valence-corrected chi connectivity index (χ1v) is 10.2. The number of hydrogen-bond acceptors (Lipinski definition) is 10. The maximum absolute atomic E-state index is 12.3. The Morgan fingerprint density at radius 2 is 1.94 bits per heavy atom. The fraction of sp³-hybridized carbons (Fsp3) is 0.588. The maximum atomic E-state index is 12.3. The Morgan fingerprint density at radius 1 is 1.28 bits per heavy atom. The molecular weight excluding hydrogens is 468 g/mol. The second-order valence-corrected chi connectivity index (χ2v) is 7.59. The van der Waals surface area contributed by atoms with Gasteiger partial charge in [0.05, 0.1) is 36.9 Å². The number of alkyl carbamates (subject to hydrolysis) is 1. The van der Waals surface area contributed by atoms with Crippen LogP contribution in [0.15, 0.2) is 11.3 Å². The number of nitrogens with zero attached hydrogens (tertiary/aromatic N) is 1. The number of carboxylic acids is 2. The van der Waals surface area contributed by atoms with E-state index in [2.05, 4.69) is 15.4 Å². The molecule has 2 rings (SSSR count). The van der Waals surface area contributed by atoms with Gasteiger partial charge in [-0.3, -0.25) is 14.5 Å². The summed E-state index contributed by atoms with van der Waals surface area (Å²) in [7, 11) is 0. The van der Waals surface area contributed by atoms with Crippen molar-refractivity contribution in [3.05, 3.63) is 11.3 Å². The maximum Gasteiger partial charge on any atom is 1.00 e. The standard InChI is InChI=1S/C17H23N3O9S.2Na/c1-2-29-17(28)18-9(15(24)25)4-3-5-10(22)19-11-13(23)20-12(16(26)27)8(6-21)7-30-14(11)20;;/h9,11,14,21H,2-7H2,1H3,(H,18,28)(H,19,22)(H,24,25)(H,26,27);;/q;2*+1/p-2/t9-,11?,14-;;/m1../s1. The summed E-state index contributed by atoms with van der Waals surface area (Å²) in [5, 5.41) is 35.6. The van der Waals surface area contributed by atoms with Gasteiger partial charge in [-0.25, -0.2) is 4.79 Å². The molecule has 0 aromatic rings. The average molecular weight is 489 g/mol. The molecule has 15 heteroatoms. The van der Waals surface area contributed by atoms with Crippen molar-refractivity contribution in [1.82, 2.24) is 15.5 Å². The van der Waals surface area contributed by atoms with E-state index in [1.165, 1.54) is 11.8 Å². The van der Waals surface area contributed by atoms with Gasteiger partial charge in [-0.1, -0.05) is 0 Å². The molecule has 0 bridgehead atoms. The number of carboxylic acid groups (broad SMARTS) is 2. The van der Waals surface area contributed by atoms with Gasteiger partial charge in [0, 0.05) is 12.2 Å². The molecular formula is C17H21N3Na2O9S. The molecule has 2 aliphatic heterocycles. The molecule has 1 fully saturated rings. The zero-order chi connectivity index (χ0) is 22.4. The van der Waals surface area contributed by atoms with Crippen LogP contribution < -0.4 is 80.0 Å². The van der Waals surface area contributed by atoms with Crippen LogP contribution in [0.3, 0.4) is 0 Å². The van der Waals surface area contributed by atoms with E-state index >= 15 is 0 Å². The van der Waals surface area contributed by atoms with Crippen LogP contribution in [0.25, 0.3) is 0 Å². The molecule has 2 aliphatic rings. The normalized spacial score (nSPS) is 19.9. The molecule has 3 atom stereocenters. The molecule has 0 aromatic carbocycles. The number of aliphatic hydroxyl groups is 1. The predicted molar refractivity (Wildman–Crippen MR) is 96.9 cm³/mol. The van der Waals surface area contributed by atoms with Gasteiger partial charge in [0.25, 0.3) is 5.91 Å². The van der Waals surface area contributed by atoms with Gasteiger partial charge in [-0.05, 0) is 25.3 Å². The first-order valence-electron chi connectivity index (χ1n) is 9.13. The fourth-order valence-electron chi connectivity index (χ4n) is 3.07. The zero-order valence-corrected chi connectivity index (χ0v) is 22.9. The van der Waals surface area contributed by atoms with Crippen molar-refractivity contribution < 1.29 is 103 Å². The average Bonchev–Trinajstić information content (AvgIpc) is 2.69. The second kappa shape index (κ2) is 14.5. The van der Waals surface area contributed by atoms with Crippen LogP contribution in [0.5, 0.6) is 0 Å². The van der Waals surface area contributed by atoms with Gasteiger partial charge in [0.1, 0.15) is 11.4 Å². The van der Waals surface area contributed by atoms with E-state index in [-0.39, 0.29) is 102 Å². The van der Waals surface area contributed by atoms with Crippen LogP contribution in [0, 0.1) is 0 Å². The van der Waals surface area contributed by atoms with Crippen LogP contribution >= 0.6 is 11.8 Å². The van der Waals surface area contributed by atoms with Crippen LogP contribution in [-0.4, -0.2) is 76.3 Å².